The zero-order valence-corrected chi connectivity index (χ0v) is 10.9. The van der Waals surface area contributed by atoms with Crippen molar-refractivity contribution < 1.29 is 5.11 Å². The van der Waals surface area contributed by atoms with Gasteiger partial charge in [0.1, 0.15) is 5.75 Å². The molecule has 1 fully saturated rings. The van der Waals surface area contributed by atoms with Crippen molar-refractivity contribution in [2.75, 3.05) is 19.0 Å². The summed E-state index contributed by atoms with van der Waals surface area (Å²) in [7, 11) is 4.03. The van der Waals surface area contributed by atoms with Crippen LogP contribution in [-0.2, 0) is 6.42 Å². The van der Waals surface area contributed by atoms with Gasteiger partial charge in [0.2, 0.25) is 0 Å². The summed E-state index contributed by atoms with van der Waals surface area (Å²) >= 11 is 0. The zero-order valence-electron chi connectivity index (χ0n) is 10.9. The first-order chi connectivity index (χ1) is 8.15. The van der Waals surface area contributed by atoms with Crippen LogP contribution < -0.4 is 4.90 Å². The number of anilines is 1. The Morgan fingerprint density at radius 3 is 2.47 bits per heavy atom. The molecule has 1 aliphatic rings. The summed E-state index contributed by atoms with van der Waals surface area (Å²) in [5.74, 6) is 1.21. The number of hydrogen-bond acceptors (Lipinski definition) is 2. The van der Waals surface area contributed by atoms with E-state index in [1.807, 2.05) is 31.1 Å². The molecule has 0 heterocycles. The Kier molecular flexibility index (Phi) is 3.93. The minimum Gasteiger partial charge on any atom is -0.508 e. The lowest BCUT2D eigenvalue weighted by Crippen LogP contribution is -2.11. The minimum absolute atomic E-state index is 0.391. The number of nitrogens with zero attached hydrogens (tertiary/aromatic N) is 1. The van der Waals surface area contributed by atoms with Crippen molar-refractivity contribution in [2.45, 2.75) is 38.5 Å². The highest BCUT2D eigenvalue weighted by atomic mass is 16.3. The second kappa shape index (κ2) is 5.44. The normalized spacial score (nSPS) is 17.1. The van der Waals surface area contributed by atoms with Crippen LogP contribution >= 0.6 is 0 Å². The van der Waals surface area contributed by atoms with Crippen LogP contribution in [-0.4, -0.2) is 19.2 Å². The molecule has 0 amide bonds. The molecule has 2 rings (SSSR count). The van der Waals surface area contributed by atoms with Gasteiger partial charge >= 0.3 is 0 Å². The molecule has 0 bridgehead atoms. The fourth-order valence-electron chi connectivity index (χ4n) is 2.76. The molecule has 0 spiro atoms. The van der Waals surface area contributed by atoms with Gasteiger partial charge in [-0.1, -0.05) is 32.1 Å². The Balaban J connectivity index is 2.09. The number of phenolic OH excluding ortho intramolecular Hbond substituents is 1. The van der Waals surface area contributed by atoms with Crippen LogP contribution in [0.3, 0.4) is 0 Å². The van der Waals surface area contributed by atoms with Crippen LogP contribution in [0.25, 0.3) is 0 Å². The third kappa shape index (κ3) is 3.39. The predicted octanol–water partition coefficient (Wildman–Crippen LogP) is 3.58. The van der Waals surface area contributed by atoms with Crippen LogP contribution in [0, 0.1) is 5.92 Å². The second-order valence-electron chi connectivity index (χ2n) is 5.46. The molecule has 2 nitrogen and oxygen atoms in total. The number of phenols is 1. The Labute approximate surface area is 104 Å². The van der Waals surface area contributed by atoms with Crippen molar-refractivity contribution in [3.63, 3.8) is 0 Å². The summed E-state index contributed by atoms with van der Waals surface area (Å²) in [6, 6.07) is 5.94. The van der Waals surface area contributed by atoms with Crippen molar-refractivity contribution in [3.05, 3.63) is 23.8 Å². The quantitative estimate of drug-likeness (QED) is 0.862. The van der Waals surface area contributed by atoms with E-state index in [9.17, 15) is 5.11 Å². The maximum atomic E-state index is 9.75. The summed E-state index contributed by atoms with van der Waals surface area (Å²) in [5, 5.41) is 9.75. The third-order valence-electron chi connectivity index (χ3n) is 3.73. The zero-order chi connectivity index (χ0) is 12.3. The Morgan fingerprint density at radius 2 is 1.82 bits per heavy atom. The predicted molar refractivity (Wildman–Crippen MR) is 72.7 cm³/mol. The van der Waals surface area contributed by atoms with E-state index in [4.69, 9.17) is 0 Å². The van der Waals surface area contributed by atoms with Gasteiger partial charge in [-0.25, -0.2) is 0 Å². The van der Waals surface area contributed by atoms with Gasteiger partial charge in [0.05, 0.1) is 0 Å². The van der Waals surface area contributed by atoms with Crippen LogP contribution in [0.1, 0.15) is 37.7 Å². The molecule has 1 aliphatic carbocycles. The summed E-state index contributed by atoms with van der Waals surface area (Å²) in [5.41, 5.74) is 2.37. The fraction of sp³-hybridized carbons (Fsp3) is 0.600. The molecule has 1 aromatic rings. The van der Waals surface area contributed by atoms with Gasteiger partial charge in [0.25, 0.3) is 0 Å². The Bertz CT molecular complexity index is 367. The fourth-order valence-corrected chi connectivity index (χ4v) is 2.76. The monoisotopic (exact) mass is 233 g/mol. The van der Waals surface area contributed by atoms with Crippen molar-refractivity contribution >= 4 is 5.69 Å². The van der Waals surface area contributed by atoms with Gasteiger partial charge in [-0.05, 0) is 30.0 Å². The Hall–Kier alpha value is -1.18. The van der Waals surface area contributed by atoms with E-state index in [-0.39, 0.29) is 0 Å². The topological polar surface area (TPSA) is 23.5 Å². The molecule has 1 saturated carbocycles. The first-order valence-corrected chi connectivity index (χ1v) is 6.65. The van der Waals surface area contributed by atoms with Crippen LogP contribution in [0.4, 0.5) is 5.69 Å². The van der Waals surface area contributed by atoms with E-state index in [2.05, 4.69) is 6.07 Å². The lowest BCUT2D eigenvalue weighted by molar-refractivity contribution is 0.356. The summed E-state index contributed by atoms with van der Waals surface area (Å²) in [6.07, 6.45) is 7.99. The molecule has 1 aromatic carbocycles. The van der Waals surface area contributed by atoms with Crippen LogP contribution in [0.5, 0.6) is 5.75 Å². The number of hydrogen-bond donors (Lipinski definition) is 1. The van der Waals surface area contributed by atoms with Gasteiger partial charge in [0, 0.05) is 25.8 Å². The number of benzene rings is 1. The van der Waals surface area contributed by atoms with Gasteiger partial charge in [-0.2, -0.15) is 0 Å². The van der Waals surface area contributed by atoms with Crippen molar-refractivity contribution in [1.82, 2.24) is 0 Å². The molecule has 0 radical (unpaired) electrons. The SMILES string of the molecule is CN(C)c1cc(O)cc(CC2CCCCC2)c1. The van der Waals surface area contributed by atoms with Crippen LogP contribution in [0.2, 0.25) is 0 Å². The van der Waals surface area contributed by atoms with E-state index in [1.165, 1.54) is 37.7 Å². The highest BCUT2D eigenvalue weighted by molar-refractivity contribution is 5.52. The molecule has 94 valence electrons. The number of aromatic hydroxyl groups is 1. The third-order valence-corrected chi connectivity index (χ3v) is 3.73. The summed E-state index contributed by atoms with van der Waals surface area (Å²) in [6.45, 7) is 0. The second-order valence-corrected chi connectivity index (χ2v) is 5.46. The molecule has 17 heavy (non-hydrogen) atoms. The van der Waals surface area contributed by atoms with Gasteiger partial charge in [-0.3, -0.25) is 0 Å². The highest BCUT2D eigenvalue weighted by Crippen LogP contribution is 2.29. The van der Waals surface area contributed by atoms with Crippen molar-refractivity contribution in [3.8, 4) is 5.75 Å². The minimum atomic E-state index is 0.391. The first-order valence-electron chi connectivity index (χ1n) is 6.65. The molecule has 0 aliphatic heterocycles. The first kappa shape index (κ1) is 12.3. The highest BCUT2D eigenvalue weighted by Gasteiger charge is 2.14. The molecule has 0 atom stereocenters. The average Bonchev–Trinajstić information content (AvgIpc) is 2.29. The summed E-state index contributed by atoms with van der Waals surface area (Å²) in [4.78, 5) is 2.05. The molecular formula is C15H23NO. The van der Waals surface area contributed by atoms with Crippen LogP contribution in [0.15, 0.2) is 18.2 Å². The molecule has 0 aromatic heterocycles. The van der Waals surface area contributed by atoms with Crippen molar-refractivity contribution in [1.29, 1.82) is 0 Å². The van der Waals surface area contributed by atoms with Gasteiger partial charge in [0.15, 0.2) is 0 Å². The largest absolute Gasteiger partial charge is 0.508 e. The van der Waals surface area contributed by atoms with Gasteiger partial charge < -0.3 is 10.0 Å². The number of rotatable bonds is 3. The molecule has 0 saturated heterocycles. The molecule has 2 heteroatoms. The lowest BCUT2D eigenvalue weighted by atomic mass is 9.85. The van der Waals surface area contributed by atoms with E-state index < -0.39 is 0 Å². The molecule has 1 N–H and O–H groups in total. The molecular weight excluding hydrogens is 210 g/mol. The van der Waals surface area contributed by atoms with E-state index in [1.54, 1.807) is 0 Å². The lowest BCUT2D eigenvalue weighted by Gasteiger charge is -2.22. The Morgan fingerprint density at radius 1 is 1.12 bits per heavy atom. The standard InChI is InChI=1S/C15H23NO/c1-16(2)14-9-13(10-15(17)11-14)8-12-6-4-3-5-7-12/h9-12,17H,3-8H2,1-2H3. The van der Waals surface area contributed by atoms with E-state index in [0.717, 1.165) is 18.0 Å². The maximum absolute atomic E-state index is 9.75. The maximum Gasteiger partial charge on any atom is 0.117 e. The average molecular weight is 233 g/mol. The van der Waals surface area contributed by atoms with E-state index >= 15 is 0 Å². The van der Waals surface area contributed by atoms with E-state index in [0.29, 0.717) is 5.75 Å². The summed E-state index contributed by atoms with van der Waals surface area (Å²) < 4.78 is 0. The smallest absolute Gasteiger partial charge is 0.117 e. The van der Waals surface area contributed by atoms with Crippen molar-refractivity contribution in [2.24, 2.45) is 5.92 Å². The van der Waals surface area contributed by atoms with Gasteiger partial charge in [-0.15, -0.1) is 0 Å². The molecule has 0 unspecified atom stereocenters.